The molecule has 0 radical (unpaired) electrons. The smallest absolute Gasteiger partial charge is 0.333 e. The minimum Gasteiger partial charge on any atom is -0.350 e. The Hall–Kier alpha value is -2.87. The first-order chi connectivity index (χ1) is 12.1. The second kappa shape index (κ2) is 9.43. The molecular weight excluding hydrogens is 388 g/mol. The summed E-state index contributed by atoms with van der Waals surface area (Å²) in [6.45, 7) is 0.476. The van der Waals surface area contributed by atoms with Gasteiger partial charge in [0.15, 0.2) is 0 Å². The van der Waals surface area contributed by atoms with Crippen LogP contribution in [0.3, 0.4) is 0 Å². The van der Waals surface area contributed by atoms with Crippen molar-refractivity contribution >= 4 is 33.8 Å². The fraction of sp³-hybridized carbons (Fsp3) is 0.118. The Morgan fingerprint density at radius 1 is 0.720 bits per heavy atom. The first-order valence-electron chi connectivity index (χ1n) is 7.49. The SMILES string of the molecule is O=C(NCCNC(=O)c1ccc(Br)cc1)NNC(=O)c1ccccc1. The topological polar surface area (TPSA) is 99.3 Å². The fourth-order valence-corrected chi connectivity index (χ4v) is 2.14. The van der Waals surface area contributed by atoms with Crippen LogP contribution in [0.4, 0.5) is 4.79 Å². The Morgan fingerprint density at radius 3 is 2.00 bits per heavy atom. The van der Waals surface area contributed by atoms with Gasteiger partial charge in [-0.1, -0.05) is 34.1 Å². The maximum absolute atomic E-state index is 11.9. The number of carbonyl (C=O) groups is 3. The number of carbonyl (C=O) groups excluding carboxylic acids is 3. The van der Waals surface area contributed by atoms with Crippen molar-refractivity contribution in [3.05, 3.63) is 70.2 Å². The largest absolute Gasteiger partial charge is 0.350 e. The first kappa shape index (κ1) is 18.5. The van der Waals surface area contributed by atoms with Gasteiger partial charge in [-0.3, -0.25) is 15.0 Å². The molecule has 0 aliphatic heterocycles. The number of rotatable bonds is 5. The number of amides is 4. The average Bonchev–Trinajstić information content (AvgIpc) is 2.64. The second-order valence-corrected chi connectivity index (χ2v) is 5.88. The van der Waals surface area contributed by atoms with E-state index in [9.17, 15) is 14.4 Å². The van der Waals surface area contributed by atoms with Gasteiger partial charge in [-0.25, -0.2) is 10.2 Å². The van der Waals surface area contributed by atoms with Crippen LogP contribution in [0.5, 0.6) is 0 Å². The van der Waals surface area contributed by atoms with E-state index >= 15 is 0 Å². The third-order valence-electron chi connectivity index (χ3n) is 3.13. The normalized spacial score (nSPS) is 9.80. The molecule has 0 unspecified atom stereocenters. The van der Waals surface area contributed by atoms with Crippen molar-refractivity contribution in [1.29, 1.82) is 0 Å². The molecule has 0 aliphatic rings. The highest BCUT2D eigenvalue weighted by atomic mass is 79.9. The van der Waals surface area contributed by atoms with Crippen molar-refractivity contribution in [3.8, 4) is 0 Å². The third-order valence-corrected chi connectivity index (χ3v) is 3.66. The summed E-state index contributed by atoms with van der Waals surface area (Å²) in [5.41, 5.74) is 5.49. The van der Waals surface area contributed by atoms with Crippen molar-refractivity contribution in [1.82, 2.24) is 21.5 Å². The van der Waals surface area contributed by atoms with Gasteiger partial charge < -0.3 is 10.6 Å². The second-order valence-electron chi connectivity index (χ2n) is 4.96. The summed E-state index contributed by atoms with van der Waals surface area (Å²) in [7, 11) is 0. The van der Waals surface area contributed by atoms with Crippen LogP contribution in [0.2, 0.25) is 0 Å². The van der Waals surface area contributed by atoms with Crippen LogP contribution in [0.1, 0.15) is 20.7 Å². The number of hydrazine groups is 1. The van der Waals surface area contributed by atoms with Gasteiger partial charge in [-0.2, -0.15) is 0 Å². The molecule has 0 heterocycles. The molecular formula is C17H17BrN4O3. The van der Waals surface area contributed by atoms with Gasteiger partial charge >= 0.3 is 6.03 Å². The van der Waals surface area contributed by atoms with E-state index in [0.717, 1.165) is 4.47 Å². The fourth-order valence-electron chi connectivity index (χ4n) is 1.87. The van der Waals surface area contributed by atoms with E-state index in [1.54, 1.807) is 54.6 Å². The van der Waals surface area contributed by atoms with Gasteiger partial charge in [-0.15, -0.1) is 0 Å². The number of hydrogen-bond acceptors (Lipinski definition) is 3. The summed E-state index contributed by atoms with van der Waals surface area (Å²) in [5.74, 6) is -0.647. The van der Waals surface area contributed by atoms with Gasteiger partial charge in [0.2, 0.25) is 0 Å². The van der Waals surface area contributed by atoms with E-state index in [2.05, 4.69) is 37.4 Å². The maximum atomic E-state index is 11.9. The van der Waals surface area contributed by atoms with Gasteiger partial charge in [-0.05, 0) is 36.4 Å². The molecule has 0 saturated heterocycles. The Morgan fingerprint density at radius 2 is 1.32 bits per heavy atom. The lowest BCUT2D eigenvalue weighted by Crippen LogP contribution is -2.48. The molecule has 0 spiro atoms. The Kier molecular flexibility index (Phi) is 6.97. The quantitative estimate of drug-likeness (QED) is 0.451. The predicted octanol–water partition coefficient (Wildman–Crippen LogP) is 1.82. The molecule has 2 aromatic rings. The molecule has 0 aliphatic carbocycles. The molecule has 2 rings (SSSR count). The van der Waals surface area contributed by atoms with Crippen molar-refractivity contribution in [2.45, 2.75) is 0 Å². The number of urea groups is 1. The molecule has 7 nitrogen and oxygen atoms in total. The van der Waals surface area contributed by atoms with Gasteiger partial charge in [0.1, 0.15) is 0 Å². The van der Waals surface area contributed by atoms with E-state index in [4.69, 9.17) is 0 Å². The number of halogens is 1. The van der Waals surface area contributed by atoms with Crippen molar-refractivity contribution in [2.75, 3.05) is 13.1 Å². The molecule has 8 heteroatoms. The van der Waals surface area contributed by atoms with E-state index in [1.165, 1.54) is 0 Å². The van der Waals surface area contributed by atoms with Crippen LogP contribution >= 0.6 is 15.9 Å². The Bertz CT molecular complexity index is 735. The molecule has 25 heavy (non-hydrogen) atoms. The zero-order valence-corrected chi connectivity index (χ0v) is 14.8. The average molecular weight is 405 g/mol. The van der Waals surface area contributed by atoms with Crippen molar-refractivity contribution in [2.24, 2.45) is 0 Å². The minimum absolute atomic E-state index is 0.218. The molecule has 0 bridgehead atoms. The first-order valence-corrected chi connectivity index (χ1v) is 8.28. The van der Waals surface area contributed by atoms with E-state index < -0.39 is 11.9 Å². The van der Waals surface area contributed by atoms with E-state index in [-0.39, 0.29) is 19.0 Å². The molecule has 130 valence electrons. The van der Waals surface area contributed by atoms with E-state index in [0.29, 0.717) is 11.1 Å². The van der Waals surface area contributed by atoms with Crippen LogP contribution in [0.15, 0.2) is 59.1 Å². The summed E-state index contributed by atoms with van der Waals surface area (Å²) in [5, 5.41) is 5.20. The number of nitrogens with one attached hydrogen (secondary N) is 4. The summed E-state index contributed by atoms with van der Waals surface area (Å²) < 4.78 is 0.889. The molecule has 0 atom stereocenters. The number of hydrogen-bond donors (Lipinski definition) is 4. The molecule has 2 aromatic carbocycles. The van der Waals surface area contributed by atoms with Crippen LogP contribution in [0, 0.1) is 0 Å². The number of benzene rings is 2. The standard InChI is InChI=1S/C17H17BrN4O3/c18-14-8-6-13(7-9-14)15(23)19-10-11-20-17(25)22-21-16(24)12-4-2-1-3-5-12/h1-9H,10-11H2,(H,19,23)(H,21,24)(H2,20,22,25). The maximum Gasteiger partial charge on any atom is 0.333 e. The summed E-state index contributed by atoms with van der Waals surface area (Å²) >= 11 is 3.30. The lowest BCUT2D eigenvalue weighted by Gasteiger charge is -2.10. The molecule has 4 amide bonds. The third kappa shape index (κ3) is 6.27. The minimum atomic E-state index is -0.567. The van der Waals surface area contributed by atoms with Crippen LogP contribution < -0.4 is 21.5 Å². The van der Waals surface area contributed by atoms with E-state index in [1.807, 2.05) is 0 Å². The molecule has 0 aromatic heterocycles. The zero-order valence-electron chi connectivity index (χ0n) is 13.2. The monoisotopic (exact) mass is 404 g/mol. The van der Waals surface area contributed by atoms with Gasteiger partial charge in [0.05, 0.1) is 0 Å². The highest BCUT2D eigenvalue weighted by Gasteiger charge is 2.07. The van der Waals surface area contributed by atoms with Gasteiger partial charge in [0.25, 0.3) is 11.8 Å². The molecule has 0 fully saturated rings. The lowest BCUT2D eigenvalue weighted by atomic mass is 10.2. The summed E-state index contributed by atoms with van der Waals surface area (Å²) in [4.78, 5) is 35.2. The molecule has 0 saturated carbocycles. The highest BCUT2D eigenvalue weighted by Crippen LogP contribution is 2.10. The van der Waals surface area contributed by atoms with Crippen molar-refractivity contribution in [3.63, 3.8) is 0 Å². The highest BCUT2D eigenvalue weighted by molar-refractivity contribution is 9.10. The Labute approximate surface area is 153 Å². The summed E-state index contributed by atoms with van der Waals surface area (Å²) in [6.07, 6.45) is 0. The van der Waals surface area contributed by atoms with Gasteiger partial charge in [0, 0.05) is 28.7 Å². The zero-order chi connectivity index (χ0) is 18.1. The lowest BCUT2D eigenvalue weighted by molar-refractivity contribution is 0.0935. The van der Waals surface area contributed by atoms with Crippen LogP contribution in [0.25, 0.3) is 0 Å². The van der Waals surface area contributed by atoms with Crippen LogP contribution in [-0.4, -0.2) is 30.9 Å². The Balaban J connectivity index is 1.63. The molecule has 4 N–H and O–H groups in total. The summed E-state index contributed by atoms with van der Waals surface area (Å²) in [6, 6.07) is 14.9. The van der Waals surface area contributed by atoms with Crippen molar-refractivity contribution < 1.29 is 14.4 Å². The predicted molar refractivity (Wildman–Crippen MR) is 96.9 cm³/mol. The van der Waals surface area contributed by atoms with Crippen LogP contribution in [-0.2, 0) is 0 Å².